The number of hydrogen-bond acceptors (Lipinski definition) is 4. The van der Waals surface area contributed by atoms with Crippen LogP contribution >= 0.6 is 0 Å². The number of carbonyl (C=O) groups is 2. The van der Waals surface area contributed by atoms with Gasteiger partial charge < -0.3 is 16.4 Å². The van der Waals surface area contributed by atoms with Crippen molar-refractivity contribution in [2.45, 2.75) is 57.5 Å². The molecule has 2 aliphatic rings. The molecule has 0 spiro atoms. The van der Waals surface area contributed by atoms with Crippen LogP contribution in [0.25, 0.3) is 5.69 Å². The van der Waals surface area contributed by atoms with E-state index in [0.717, 1.165) is 49.8 Å². The van der Waals surface area contributed by atoms with E-state index in [4.69, 9.17) is 5.73 Å². The van der Waals surface area contributed by atoms with Crippen molar-refractivity contribution in [3.63, 3.8) is 0 Å². The Kier molecular flexibility index (Phi) is 4.59. The molecule has 142 valence electrons. The van der Waals surface area contributed by atoms with Gasteiger partial charge >= 0.3 is 0 Å². The lowest BCUT2D eigenvalue weighted by Crippen LogP contribution is -2.33. The molecule has 0 unspecified atom stereocenters. The molecule has 1 aromatic carbocycles. The summed E-state index contributed by atoms with van der Waals surface area (Å²) in [6.07, 6.45) is 7.92. The third kappa shape index (κ3) is 3.67. The predicted molar refractivity (Wildman–Crippen MR) is 103 cm³/mol. The van der Waals surface area contributed by atoms with Crippen LogP contribution in [0.3, 0.4) is 0 Å². The number of hydrogen-bond donors (Lipinski definition) is 3. The number of amides is 2. The molecule has 0 saturated heterocycles. The van der Waals surface area contributed by atoms with Gasteiger partial charge in [-0.3, -0.25) is 14.2 Å². The summed E-state index contributed by atoms with van der Waals surface area (Å²) >= 11 is 0. The number of aromatic nitrogens is 2. The summed E-state index contributed by atoms with van der Waals surface area (Å²) in [5.41, 5.74) is 8.74. The minimum Gasteiger partial charge on any atom is -0.383 e. The Labute approximate surface area is 158 Å². The summed E-state index contributed by atoms with van der Waals surface area (Å²) in [5.74, 6) is -0.0385. The highest BCUT2D eigenvalue weighted by Gasteiger charge is 2.25. The van der Waals surface area contributed by atoms with E-state index in [1.54, 1.807) is 23.0 Å². The predicted octanol–water partition coefficient (Wildman–Crippen LogP) is 2.33. The van der Waals surface area contributed by atoms with Gasteiger partial charge in [-0.05, 0) is 50.3 Å². The van der Waals surface area contributed by atoms with Crippen molar-refractivity contribution in [3.8, 4) is 5.69 Å². The van der Waals surface area contributed by atoms with E-state index in [-0.39, 0.29) is 29.4 Å². The molecule has 1 aromatic heterocycles. The number of nitrogens with one attached hydrogen (secondary N) is 2. The van der Waals surface area contributed by atoms with Crippen molar-refractivity contribution in [2.24, 2.45) is 0 Å². The summed E-state index contributed by atoms with van der Waals surface area (Å²) in [7, 11) is 0. The van der Waals surface area contributed by atoms with Crippen molar-refractivity contribution in [3.05, 3.63) is 41.3 Å². The molecule has 0 atom stereocenters. The fourth-order valence-electron chi connectivity index (χ4n) is 3.56. The number of carbonyl (C=O) groups excluding carboxylic acids is 2. The van der Waals surface area contributed by atoms with Crippen molar-refractivity contribution in [2.75, 3.05) is 5.73 Å². The minimum absolute atomic E-state index is 0.0864. The lowest BCUT2D eigenvalue weighted by atomic mass is 10.1. The standard InChI is InChI=1S/C20H25N5O2/c1-12-6-7-13(19(26)23-15-8-9-15)10-16(12)25-11-22-17(18(25)21)20(27)24-14-4-2-3-5-14/h6-7,10-11,14-15H,2-5,8-9,21H2,1H3,(H,23,26)(H,24,27). The first-order chi connectivity index (χ1) is 13.0. The smallest absolute Gasteiger partial charge is 0.273 e. The van der Waals surface area contributed by atoms with Crippen molar-refractivity contribution in [1.29, 1.82) is 0 Å². The number of imidazole rings is 1. The first-order valence-corrected chi connectivity index (χ1v) is 9.58. The van der Waals surface area contributed by atoms with E-state index < -0.39 is 0 Å². The Bertz CT molecular complexity index is 878. The molecule has 0 radical (unpaired) electrons. The second-order valence-electron chi connectivity index (χ2n) is 7.55. The second-order valence-corrected chi connectivity index (χ2v) is 7.55. The number of anilines is 1. The molecule has 2 saturated carbocycles. The zero-order valence-corrected chi connectivity index (χ0v) is 15.5. The summed E-state index contributed by atoms with van der Waals surface area (Å²) < 4.78 is 1.67. The Morgan fingerprint density at radius 1 is 1.07 bits per heavy atom. The van der Waals surface area contributed by atoms with Crippen molar-refractivity contribution < 1.29 is 9.59 Å². The molecule has 1 heterocycles. The minimum atomic E-state index is -0.238. The Morgan fingerprint density at radius 2 is 1.74 bits per heavy atom. The third-order valence-electron chi connectivity index (χ3n) is 5.35. The highest BCUT2D eigenvalue weighted by Crippen LogP contribution is 2.24. The summed E-state index contributed by atoms with van der Waals surface area (Å²) in [6.45, 7) is 1.94. The monoisotopic (exact) mass is 367 g/mol. The Morgan fingerprint density at radius 3 is 2.44 bits per heavy atom. The third-order valence-corrected chi connectivity index (χ3v) is 5.35. The van der Waals surface area contributed by atoms with Gasteiger partial charge in [0.15, 0.2) is 5.69 Å². The molecule has 7 nitrogen and oxygen atoms in total. The van der Waals surface area contributed by atoms with E-state index in [1.807, 2.05) is 13.0 Å². The van der Waals surface area contributed by atoms with Gasteiger partial charge in [0.2, 0.25) is 0 Å². The molecule has 4 rings (SSSR count). The molecule has 0 bridgehead atoms. The van der Waals surface area contributed by atoms with E-state index in [1.165, 1.54) is 0 Å². The van der Waals surface area contributed by atoms with Crippen LogP contribution in [0.1, 0.15) is 64.9 Å². The van der Waals surface area contributed by atoms with Gasteiger partial charge in [-0.15, -0.1) is 0 Å². The highest BCUT2D eigenvalue weighted by atomic mass is 16.2. The first-order valence-electron chi connectivity index (χ1n) is 9.58. The molecule has 2 aromatic rings. The van der Waals surface area contributed by atoms with Crippen LogP contribution in [-0.2, 0) is 0 Å². The quantitative estimate of drug-likeness (QED) is 0.755. The van der Waals surface area contributed by atoms with Crippen LogP contribution in [-0.4, -0.2) is 33.4 Å². The Balaban J connectivity index is 1.58. The maximum absolute atomic E-state index is 12.5. The van der Waals surface area contributed by atoms with Gasteiger partial charge in [-0.2, -0.15) is 0 Å². The van der Waals surface area contributed by atoms with Gasteiger partial charge in [-0.25, -0.2) is 4.98 Å². The molecule has 0 aliphatic heterocycles. The molecular formula is C20H25N5O2. The number of benzene rings is 1. The molecule has 7 heteroatoms. The topological polar surface area (TPSA) is 102 Å². The van der Waals surface area contributed by atoms with Gasteiger partial charge in [0, 0.05) is 17.6 Å². The van der Waals surface area contributed by atoms with Crippen LogP contribution in [0, 0.1) is 6.92 Å². The van der Waals surface area contributed by atoms with Crippen LogP contribution < -0.4 is 16.4 Å². The fourth-order valence-corrected chi connectivity index (χ4v) is 3.56. The van der Waals surface area contributed by atoms with E-state index in [0.29, 0.717) is 11.6 Å². The lowest BCUT2D eigenvalue weighted by molar-refractivity contribution is 0.0930. The van der Waals surface area contributed by atoms with Crippen LogP contribution in [0.2, 0.25) is 0 Å². The molecule has 27 heavy (non-hydrogen) atoms. The van der Waals surface area contributed by atoms with E-state index in [2.05, 4.69) is 15.6 Å². The van der Waals surface area contributed by atoms with Gasteiger partial charge in [0.1, 0.15) is 12.1 Å². The van der Waals surface area contributed by atoms with E-state index in [9.17, 15) is 9.59 Å². The lowest BCUT2D eigenvalue weighted by Gasteiger charge is -2.13. The number of rotatable bonds is 5. The number of nitrogen functional groups attached to an aromatic ring is 1. The van der Waals surface area contributed by atoms with Crippen LogP contribution in [0.5, 0.6) is 0 Å². The summed E-state index contributed by atoms with van der Waals surface area (Å²) in [6, 6.07) is 5.99. The highest BCUT2D eigenvalue weighted by molar-refractivity contribution is 5.97. The van der Waals surface area contributed by atoms with Crippen molar-refractivity contribution >= 4 is 17.6 Å². The van der Waals surface area contributed by atoms with Gasteiger partial charge in [0.05, 0.1) is 5.69 Å². The fraction of sp³-hybridized carbons (Fsp3) is 0.450. The Hall–Kier alpha value is -2.83. The van der Waals surface area contributed by atoms with Gasteiger partial charge in [0.25, 0.3) is 11.8 Å². The average molecular weight is 367 g/mol. The average Bonchev–Trinajstić information content (AvgIpc) is 3.15. The molecule has 2 aliphatic carbocycles. The van der Waals surface area contributed by atoms with Crippen LogP contribution in [0.4, 0.5) is 5.82 Å². The second kappa shape index (κ2) is 7.06. The van der Waals surface area contributed by atoms with Crippen molar-refractivity contribution in [1.82, 2.24) is 20.2 Å². The number of nitrogens with two attached hydrogens (primary N) is 1. The molecule has 2 fully saturated rings. The normalized spacial score (nSPS) is 17.1. The largest absolute Gasteiger partial charge is 0.383 e. The first kappa shape index (κ1) is 17.6. The van der Waals surface area contributed by atoms with Crippen LogP contribution in [0.15, 0.2) is 24.5 Å². The van der Waals surface area contributed by atoms with E-state index >= 15 is 0 Å². The zero-order valence-electron chi connectivity index (χ0n) is 15.5. The number of nitrogens with zero attached hydrogens (tertiary/aromatic N) is 2. The zero-order chi connectivity index (χ0) is 19.0. The molecule has 2 amide bonds. The molecular weight excluding hydrogens is 342 g/mol. The summed E-state index contributed by atoms with van der Waals surface area (Å²) in [5, 5.41) is 6.00. The molecule has 4 N–H and O–H groups in total. The SMILES string of the molecule is Cc1ccc(C(=O)NC2CC2)cc1-n1cnc(C(=O)NC2CCCC2)c1N. The number of aryl methyl sites for hydroxylation is 1. The maximum Gasteiger partial charge on any atom is 0.273 e. The maximum atomic E-state index is 12.5. The summed E-state index contributed by atoms with van der Waals surface area (Å²) in [4.78, 5) is 29.1. The van der Waals surface area contributed by atoms with Gasteiger partial charge in [-0.1, -0.05) is 18.9 Å².